The molecule has 1 atom stereocenters. The summed E-state index contributed by atoms with van der Waals surface area (Å²) in [6, 6.07) is 5.22. The van der Waals surface area contributed by atoms with Crippen LogP contribution < -0.4 is 16.0 Å². The first-order valence-electron chi connectivity index (χ1n) is 9.43. The van der Waals surface area contributed by atoms with E-state index in [0.29, 0.717) is 28.1 Å². The Labute approximate surface area is 170 Å². The third-order valence-corrected chi connectivity index (χ3v) is 4.86. The summed E-state index contributed by atoms with van der Waals surface area (Å²) in [5, 5.41) is 20.4. The predicted octanol–water partition coefficient (Wildman–Crippen LogP) is 3.03. The summed E-state index contributed by atoms with van der Waals surface area (Å²) >= 11 is 11.9. The third-order valence-electron chi connectivity index (χ3n) is 4.43. The number of carbonyl (C=O) groups excluding carboxylic acids is 1. The van der Waals surface area contributed by atoms with Gasteiger partial charge in [-0.05, 0) is 43.5 Å². The summed E-state index contributed by atoms with van der Waals surface area (Å²) in [5.74, 6) is 0.393. The lowest BCUT2D eigenvalue weighted by atomic mass is 9.95. The molecule has 2 rings (SSSR count). The smallest absolute Gasteiger partial charge is 0.242 e. The average Bonchev–Trinajstić information content (AvgIpc) is 2.63. The fourth-order valence-corrected chi connectivity index (χ4v) is 3.63. The van der Waals surface area contributed by atoms with E-state index in [-0.39, 0.29) is 25.0 Å². The van der Waals surface area contributed by atoms with Crippen molar-refractivity contribution in [2.24, 2.45) is 4.99 Å². The van der Waals surface area contributed by atoms with Gasteiger partial charge in [0.25, 0.3) is 0 Å². The molecule has 1 aromatic rings. The van der Waals surface area contributed by atoms with Crippen molar-refractivity contribution >= 4 is 35.1 Å². The first-order chi connectivity index (χ1) is 13.0. The molecule has 0 aromatic heterocycles. The minimum absolute atomic E-state index is 0.0465. The van der Waals surface area contributed by atoms with Crippen LogP contribution in [-0.2, 0) is 4.79 Å². The van der Waals surface area contributed by atoms with E-state index in [1.165, 1.54) is 19.3 Å². The zero-order valence-electron chi connectivity index (χ0n) is 15.6. The quantitative estimate of drug-likeness (QED) is 0.407. The van der Waals surface area contributed by atoms with Crippen LogP contribution in [0.25, 0.3) is 0 Å². The molecule has 27 heavy (non-hydrogen) atoms. The number of rotatable bonds is 7. The molecule has 0 saturated heterocycles. The molecule has 1 saturated carbocycles. The standard InChI is InChI=1S/C19H28Cl2N4O2/c1-2-22-19(24-12-18(27)25-16-6-4-3-5-7-16)23-11-17(26)13-8-14(20)10-15(21)9-13/h8-10,16-17,26H,2-7,11-12H2,1H3,(H,25,27)(H2,22,23,24). The van der Waals surface area contributed by atoms with Crippen molar-refractivity contribution in [3.8, 4) is 0 Å². The first-order valence-corrected chi connectivity index (χ1v) is 10.2. The number of halogens is 2. The second-order valence-corrected chi connectivity index (χ2v) is 7.57. The molecule has 1 aromatic carbocycles. The Bertz CT molecular complexity index is 628. The molecule has 1 fully saturated rings. The molecule has 0 aliphatic heterocycles. The topological polar surface area (TPSA) is 85.8 Å². The van der Waals surface area contributed by atoms with Crippen molar-refractivity contribution in [3.63, 3.8) is 0 Å². The van der Waals surface area contributed by atoms with Crippen LogP contribution in [0.2, 0.25) is 10.0 Å². The Balaban J connectivity index is 1.85. The van der Waals surface area contributed by atoms with E-state index < -0.39 is 6.10 Å². The van der Waals surface area contributed by atoms with Gasteiger partial charge in [0.1, 0.15) is 6.54 Å². The molecule has 8 heteroatoms. The van der Waals surface area contributed by atoms with Gasteiger partial charge >= 0.3 is 0 Å². The van der Waals surface area contributed by atoms with E-state index in [2.05, 4.69) is 20.9 Å². The van der Waals surface area contributed by atoms with E-state index >= 15 is 0 Å². The highest BCUT2D eigenvalue weighted by Gasteiger charge is 2.15. The minimum Gasteiger partial charge on any atom is -0.387 e. The number of hydrogen-bond donors (Lipinski definition) is 4. The van der Waals surface area contributed by atoms with Crippen molar-refractivity contribution in [2.75, 3.05) is 19.6 Å². The number of benzene rings is 1. The van der Waals surface area contributed by atoms with Gasteiger partial charge in [-0.15, -0.1) is 0 Å². The SMILES string of the molecule is CCNC(=NCC(=O)NC1CCCCC1)NCC(O)c1cc(Cl)cc(Cl)c1. The molecule has 1 aliphatic rings. The fourth-order valence-electron chi connectivity index (χ4n) is 3.09. The Morgan fingerprint density at radius 3 is 2.48 bits per heavy atom. The van der Waals surface area contributed by atoms with Gasteiger partial charge in [0, 0.05) is 29.2 Å². The summed E-state index contributed by atoms with van der Waals surface area (Å²) in [6.07, 6.45) is 4.87. The van der Waals surface area contributed by atoms with Crippen LogP contribution in [0, 0.1) is 0 Å². The van der Waals surface area contributed by atoms with Crippen molar-refractivity contribution in [3.05, 3.63) is 33.8 Å². The van der Waals surface area contributed by atoms with Gasteiger partial charge in [-0.3, -0.25) is 4.79 Å². The molecule has 0 heterocycles. The molecule has 0 bridgehead atoms. The van der Waals surface area contributed by atoms with Gasteiger partial charge in [0.15, 0.2) is 5.96 Å². The van der Waals surface area contributed by atoms with Crippen LogP contribution in [0.1, 0.15) is 50.7 Å². The highest BCUT2D eigenvalue weighted by Crippen LogP contribution is 2.23. The van der Waals surface area contributed by atoms with Gasteiger partial charge in [-0.1, -0.05) is 42.5 Å². The van der Waals surface area contributed by atoms with Crippen LogP contribution in [-0.4, -0.2) is 42.6 Å². The summed E-state index contributed by atoms with van der Waals surface area (Å²) in [6.45, 7) is 2.85. The number of aliphatic hydroxyl groups is 1. The highest BCUT2D eigenvalue weighted by atomic mass is 35.5. The third kappa shape index (κ3) is 7.95. The Morgan fingerprint density at radius 2 is 1.85 bits per heavy atom. The van der Waals surface area contributed by atoms with Gasteiger partial charge in [0.2, 0.25) is 5.91 Å². The van der Waals surface area contributed by atoms with Crippen molar-refractivity contribution in [2.45, 2.75) is 51.2 Å². The molecule has 150 valence electrons. The molecule has 4 N–H and O–H groups in total. The zero-order valence-corrected chi connectivity index (χ0v) is 17.1. The number of amides is 1. The minimum atomic E-state index is -0.805. The van der Waals surface area contributed by atoms with Gasteiger partial charge in [0.05, 0.1) is 6.10 Å². The number of carbonyl (C=O) groups is 1. The molecular weight excluding hydrogens is 387 g/mol. The van der Waals surface area contributed by atoms with Gasteiger partial charge < -0.3 is 21.1 Å². The molecule has 1 aliphatic carbocycles. The predicted molar refractivity (Wildman–Crippen MR) is 110 cm³/mol. The first kappa shape index (κ1) is 21.8. The van der Waals surface area contributed by atoms with E-state index in [9.17, 15) is 9.90 Å². The van der Waals surface area contributed by atoms with Crippen LogP contribution in [0.5, 0.6) is 0 Å². The van der Waals surface area contributed by atoms with E-state index in [1.54, 1.807) is 18.2 Å². The average molecular weight is 415 g/mol. The normalized spacial score (nSPS) is 16.7. The van der Waals surface area contributed by atoms with Crippen LogP contribution in [0.4, 0.5) is 0 Å². The number of guanidine groups is 1. The molecule has 0 radical (unpaired) electrons. The summed E-state index contributed by atoms with van der Waals surface area (Å²) in [5.41, 5.74) is 0.617. The van der Waals surface area contributed by atoms with Gasteiger partial charge in [-0.2, -0.15) is 0 Å². The number of nitrogens with one attached hydrogen (secondary N) is 3. The molecule has 0 spiro atoms. The number of nitrogens with zero attached hydrogens (tertiary/aromatic N) is 1. The number of hydrogen-bond acceptors (Lipinski definition) is 3. The van der Waals surface area contributed by atoms with Crippen molar-refractivity contribution in [1.29, 1.82) is 0 Å². The second kappa shape index (κ2) is 11.4. The summed E-state index contributed by atoms with van der Waals surface area (Å²) in [7, 11) is 0. The number of aliphatic hydroxyl groups excluding tert-OH is 1. The van der Waals surface area contributed by atoms with E-state index in [4.69, 9.17) is 23.2 Å². The van der Waals surface area contributed by atoms with Crippen LogP contribution >= 0.6 is 23.2 Å². The Kier molecular flexibility index (Phi) is 9.18. The van der Waals surface area contributed by atoms with E-state index in [0.717, 1.165) is 12.8 Å². The van der Waals surface area contributed by atoms with Crippen LogP contribution in [0.3, 0.4) is 0 Å². The Hall–Kier alpha value is -1.50. The summed E-state index contributed by atoms with van der Waals surface area (Å²) in [4.78, 5) is 16.4. The Morgan fingerprint density at radius 1 is 1.19 bits per heavy atom. The second-order valence-electron chi connectivity index (χ2n) is 6.70. The van der Waals surface area contributed by atoms with Crippen LogP contribution in [0.15, 0.2) is 23.2 Å². The summed E-state index contributed by atoms with van der Waals surface area (Å²) < 4.78 is 0. The molecular formula is C19H28Cl2N4O2. The zero-order chi connectivity index (χ0) is 19.6. The van der Waals surface area contributed by atoms with Crippen molar-refractivity contribution < 1.29 is 9.90 Å². The van der Waals surface area contributed by atoms with Gasteiger partial charge in [-0.25, -0.2) is 4.99 Å². The maximum absolute atomic E-state index is 12.1. The lowest BCUT2D eigenvalue weighted by molar-refractivity contribution is -0.120. The largest absolute Gasteiger partial charge is 0.387 e. The van der Waals surface area contributed by atoms with E-state index in [1.807, 2.05) is 6.92 Å². The lowest BCUT2D eigenvalue weighted by Gasteiger charge is -2.22. The highest BCUT2D eigenvalue weighted by molar-refractivity contribution is 6.34. The lowest BCUT2D eigenvalue weighted by Crippen LogP contribution is -2.41. The monoisotopic (exact) mass is 414 g/mol. The maximum Gasteiger partial charge on any atom is 0.242 e. The molecule has 6 nitrogen and oxygen atoms in total. The molecule has 1 unspecified atom stereocenters. The maximum atomic E-state index is 12.1. The number of aliphatic imine (C=N–C) groups is 1. The fraction of sp³-hybridized carbons (Fsp3) is 0.579. The molecule has 1 amide bonds. The van der Waals surface area contributed by atoms with Crippen molar-refractivity contribution in [1.82, 2.24) is 16.0 Å².